The van der Waals surface area contributed by atoms with Crippen molar-refractivity contribution in [1.29, 1.82) is 0 Å². The van der Waals surface area contributed by atoms with Crippen LogP contribution in [0.3, 0.4) is 0 Å². The summed E-state index contributed by atoms with van der Waals surface area (Å²) >= 11 is 0. The molecule has 1 rings (SSSR count). The molecule has 0 radical (unpaired) electrons. The van der Waals surface area contributed by atoms with Crippen LogP contribution < -0.4 is 5.32 Å². The Morgan fingerprint density at radius 2 is 1.48 bits per heavy atom. The van der Waals surface area contributed by atoms with Gasteiger partial charge >= 0.3 is 17.9 Å². The third-order valence-electron chi connectivity index (χ3n) is 3.48. The zero-order valence-corrected chi connectivity index (χ0v) is 16.3. The number of hydrogen-bond donors (Lipinski definition) is 1. The third-order valence-corrected chi connectivity index (χ3v) is 3.48. The van der Waals surface area contributed by atoms with Crippen LogP contribution in [-0.4, -0.2) is 67.2 Å². The maximum atomic E-state index is 11.7. The molecule has 1 heterocycles. The van der Waals surface area contributed by atoms with Crippen molar-refractivity contribution in [2.75, 3.05) is 6.61 Å². The minimum atomic E-state index is -1.12. The molecule has 0 saturated carbocycles. The van der Waals surface area contributed by atoms with Gasteiger partial charge in [0.2, 0.25) is 5.91 Å². The lowest BCUT2D eigenvalue weighted by Crippen LogP contribution is -2.66. The van der Waals surface area contributed by atoms with E-state index in [1.165, 1.54) is 27.7 Å². The lowest BCUT2D eigenvalue weighted by Gasteiger charge is -2.45. The molecule has 1 saturated heterocycles. The average molecular weight is 389 g/mol. The van der Waals surface area contributed by atoms with Gasteiger partial charge < -0.3 is 29.0 Å². The van der Waals surface area contributed by atoms with Crippen molar-refractivity contribution >= 4 is 23.8 Å². The first-order valence-electron chi connectivity index (χ1n) is 8.57. The van der Waals surface area contributed by atoms with Crippen LogP contribution in [0.15, 0.2) is 0 Å². The fourth-order valence-electron chi connectivity index (χ4n) is 2.68. The molecule has 10 heteroatoms. The van der Waals surface area contributed by atoms with Crippen molar-refractivity contribution in [3.05, 3.63) is 0 Å². The largest absolute Gasteiger partial charge is 0.463 e. The summed E-state index contributed by atoms with van der Waals surface area (Å²) in [5, 5.41) is 2.62. The smallest absolute Gasteiger partial charge is 0.303 e. The van der Waals surface area contributed by atoms with Crippen molar-refractivity contribution in [3.63, 3.8) is 0 Å². The van der Waals surface area contributed by atoms with Gasteiger partial charge in [0, 0.05) is 27.7 Å². The number of amides is 1. The van der Waals surface area contributed by atoms with Gasteiger partial charge in [0.15, 0.2) is 18.5 Å². The summed E-state index contributed by atoms with van der Waals surface area (Å²) in [4.78, 5) is 46.0. The summed E-state index contributed by atoms with van der Waals surface area (Å²) in [6.45, 7) is 8.12. The number of rotatable bonds is 7. The molecule has 0 bridgehead atoms. The molecule has 1 aliphatic heterocycles. The predicted molar refractivity (Wildman–Crippen MR) is 90.2 cm³/mol. The zero-order chi connectivity index (χ0) is 20.7. The molecule has 1 fully saturated rings. The minimum Gasteiger partial charge on any atom is -0.463 e. The van der Waals surface area contributed by atoms with Crippen molar-refractivity contribution in [2.24, 2.45) is 0 Å². The molecule has 154 valence electrons. The van der Waals surface area contributed by atoms with Crippen molar-refractivity contribution in [1.82, 2.24) is 5.32 Å². The van der Waals surface area contributed by atoms with Crippen molar-refractivity contribution in [2.45, 2.75) is 78.3 Å². The minimum absolute atomic E-state index is 0.254. The molecule has 10 nitrogen and oxygen atoms in total. The summed E-state index contributed by atoms with van der Waals surface area (Å²) in [7, 11) is 0. The summed E-state index contributed by atoms with van der Waals surface area (Å²) in [6.07, 6.45) is -4.49. The third kappa shape index (κ3) is 7.51. The van der Waals surface area contributed by atoms with Gasteiger partial charge in [-0.3, -0.25) is 19.2 Å². The fourth-order valence-corrected chi connectivity index (χ4v) is 2.68. The van der Waals surface area contributed by atoms with E-state index in [0.29, 0.717) is 0 Å². The van der Waals surface area contributed by atoms with E-state index in [1.54, 1.807) is 13.8 Å². The number of carbonyl (C=O) groups is 4. The molecule has 5 atom stereocenters. The van der Waals surface area contributed by atoms with Gasteiger partial charge in [0.1, 0.15) is 18.8 Å². The maximum Gasteiger partial charge on any atom is 0.303 e. The van der Waals surface area contributed by atoms with Crippen LogP contribution in [0.4, 0.5) is 0 Å². The van der Waals surface area contributed by atoms with E-state index < -0.39 is 54.5 Å². The molecular formula is C17H27NO9. The van der Waals surface area contributed by atoms with E-state index in [-0.39, 0.29) is 12.7 Å². The monoisotopic (exact) mass is 389 g/mol. The predicted octanol–water partition coefficient (Wildman–Crippen LogP) is 0.0675. The molecule has 0 aromatic carbocycles. The van der Waals surface area contributed by atoms with Crippen LogP contribution in [-0.2, 0) is 42.9 Å². The second kappa shape index (κ2) is 10.2. The highest BCUT2D eigenvalue weighted by Gasteiger charge is 2.51. The average Bonchev–Trinajstić information content (AvgIpc) is 2.49. The van der Waals surface area contributed by atoms with E-state index in [2.05, 4.69) is 5.32 Å². The quantitative estimate of drug-likeness (QED) is 0.475. The molecule has 3 unspecified atom stereocenters. The van der Waals surface area contributed by atoms with Crippen LogP contribution in [0.2, 0.25) is 0 Å². The standard InChI is InChI=1S/C17H27NO9/c1-8(2)24-17-14(18-9(3)19)16(26-12(6)22)15(25-11(5)21)13(27-17)7-23-10(4)20/h8,13-17H,7H2,1-6H3,(H,18,19)/t13?,14?,15-,16?,17-/m1/s1. The number of hydrogen-bond acceptors (Lipinski definition) is 9. The number of ether oxygens (including phenoxy) is 5. The van der Waals surface area contributed by atoms with Crippen LogP contribution >= 0.6 is 0 Å². The maximum absolute atomic E-state index is 11.7. The van der Waals surface area contributed by atoms with E-state index in [4.69, 9.17) is 23.7 Å². The molecule has 27 heavy (non-hydrogen) atoms. The molecule has 0 aliphatic carbocycles. The first-order valence-corrected chi connectivity index (χ1v) is 8.57. The summed E-state index contributed by atoms with van der Waals surface area (Å²) in [6, 6.07) is -0.938. The van der Waals surface area contributed by atoms with Crippen molar-refractivity contribution < 1.29 is 42.9 Å². The SMILES string of the molecule is CC(=O)NC1C(OC(C)=O)[C@H](OC(C)=O)C(COC(C)=O)O[C@H]1OC(C)C. The molecule has 1 amide bonds. The van der Waals surface area contributed by atoms with E-state index in [9.17, 15) is 19.2 Å². The highest BCUT2D eigenvalue weighted by molar-refractivity contribution is 5.73. The normalized spacial score (nSPS) is 27.6. The van der Waals surface area contributed by atoms with E-state index in [0.717, 1.165) is 0 Å². The van der Waals surface area contributed by atoms with Gasteiger partial charge in [0.05, 0.1) is 6.10 Å². The Balaban J connectivity index is 3.27. The zero-order valence-electron chi connectivity index (χ0n) is 16.3. The first kappa shape index (κ1) is 22.8. The van der Waals surface area contributed by atoms with Crippen molar-refractivity contribution in [3.8, 4) is 0 Å². The van der Waals surface area contributed by atoms with Gasteiger partial charge in [-0.15, -0.1) is 0 Å². The molecule has 0 aromatic heterocycles. The molecular weight excluding hydrogens is 362 g/mol. The van der Waals surface area contributed by atoms with Crippen LogP contribution in [0, 0.1) is 0 Å². The van der Waals surface area contributed by atoms with E-state index in [1.807, 2.05) is 0 Å². The topological polar surface area (TPSA) is 126 Å². The number of nitrogens with one attached hydrogen (secondary N) is 1. The Morgan fingerprint density at radius 1 is 0.926 bits per heavy atom. The van der Waals surface area contributed by atoms with Crippen LogP contribution in [0.1, 0.15) is 41.5 Å². The number of esters is 3. The Bertz CT molecular complexity index is 563. The van der Waals surface area contributed by atoms with Gasteiger partial charge in [0.25, 0.3) is 0 Å². The summed E-state index contributed by atoms with van der Waals surface area (Å²) < 4.78 is 27.1. The lowest BCUT2D eigenvalue weighted by atomic mass is 9.96. The number of carbonyl (C=O) groups excluding carboxylic acids is 4. The second-order valence-corrected chi connectivity index (χ2v) is 6.40. The summed E-state index contributed by atoms with van der Waals surface area (Å²) in [5.74, 6) is -2.28. The molecule has 1 N–H and O–H groups in total. The van der Waals surface area contributed by atoms with E-state index >= 15 is 0 Å². The fraction of sp³-hybridized carbons (Fsp3) is 0.765. The Kier molecular flexibility index (Phi) is 8.64. The Labute approximate surface area is 157 Å². The van der Waals surface area contributed by atoms with Crippen LogP contribution in [0.25, 0.3) is 0 Å². The first-order chi connectivity index (χ1) is 12.5. The Morgan fingerprint density at radius 3 is 1.93 bits per heavy atom. The second-order valence-electron chi connectivity index (χ2n) is 6.40. The summed E-state index contributed by atoms with van der Waals surface area (Å²) in [5.41, 5.74) is 0. The lowest BCUT2D eigenvalue weighted by molar-refractivity contribution is -0.285. The molecule has 0 aromatic rings. The van der Waals surface area contributed by atoms with Gasteiger partial charge in [-0.05, 0) is 13.8 Å². The highest BCUT2D eigenvalue weighted by Crippen LogP contribution is 2.28. The van der Waals surface area contributed by atoms with Gasteiger partial charge in [-0.2, -0.15) is 0 Å². The Hall–Kier alpha value is -2.20. The van der Waals surface area contributed by atoms with Gasteiger partial charge in [-0.25, -0.2) is 0 Å². The molecule has 1 aliphatic rings. The molecule has 0 spiro atoms. The highest BCUT2D eigenvalue weighted by atomic mass is 16.7. The van der Waals surface area contributed by atoms with Gasteiger partial charge in [-0.1, -0.05) is 0 Å². The van der Waals surface area contributed by atoms with Crippen LogP contribution in [0.5, 0.6) is 0 Å².